The van der Waals surface area contributed by atoms with Crippen LogP contribution in [-0.4, -0.2) is 51.2 Å². The monoisotopic (exact) mass is 965 g/mol. The van der Waals surface area contributed by atoms with Crippen molar-refractivity contribution in [3.63, 3.8) is 0 Å². The van der Waals surface area contributed by atoms with Gasteiger partial charge in [0.15, 0.2) is 0 Å². The molecule has 2 amide bonds. The topological polar surface area (TPSA) is 85.9 Å². The highest BCUT2D eigenvalue weighted by Gasteiger charge is 2.59. The molecule has 4 aliphatic carbocycles. The Morgan fingerprint density at radius 3 is 1.66 bits per heavy atom. The van der Waals surface area contributed by atoms with Crippen molar-refractivity contribution in [3.8, 4) is 0 Å². The van der Waals surface area contributed by atoms with E-state index in [9.17, 15) is 9.59 Å². The normalized spacial score (nSPS) is 24.5. The Kier molecular flexibility index (Phi) is 44.5. The van der Waals surface area contributed by atoms with Crippen LogP contribution >= 0.6 is 0 Å². The van der Waals surface area contributed by atoms with E-state index in [0.29, 0.717) is 43.7 Å². The van der Waals surface area contributed by atoms with E-state index < -0.39 is 0 Å². The highest BCUT2D eigenvalue weighted by atomic mass is 16.6. The van der Waals surface area contributed by atoms with Crippen molar-refractivity contribution in [1.29, 1.82) is 0 Å². The maximum absolute atomic E-state index is 12.1. The van der Waals surface area contributed by atoms with Crippen LogP contribution in [0.1, 0.15) is 285 Å². The highest BCUT2D eigenvalue weighted by molar-refractivity contribution is 5.67. The van der Waals surface area contributed by atoms with E-state index in [4.69, 9.17) is 14.2 Å². The molecule has 8 atom stereocenters. The molecule has 0 radical (unpaired) electrons. The zero-order valence-electron chi connectivity index (χ0n) is 45.5. The van der Waals surface area contributed by atoms with Gasteiger partial charge in [-0.15, -0.1) is 0 Å². The Labute approximate surface area is 427 Å². The molecule has 2 N–H and O–H groups in total. The lowest BCUT2D eigenvalue weighted by Crippen LogP contribution is -2.51. The summed E-state index contributed by atoms with van der Waals surface area (Å²) < 4.78 is 15.6. The standard InChI is InChI=1S/C31H53NO2.C17H36.C8H17NO3.C2H6.3CH4/c1-7-19-32-29(33)34-24-15-17-30(5)23(20-24)11-12-25-27-14-13-26(22(4)10-8-9-21(2)3)31(27,6)18-16-28(25)30;1-3-5-7-9-11-13-15-17-16-14-12-10-8-6-4-2;1-3-5-9-8(10)12-7-6-11-4-2;1-2;;;/h11,21-22,24-28H,7-10,12-20H2,1-6H3,(H,32,33);3-17H2,1-2H3;3-7H2,1-2H3,(H,9,10);1-2H3;3*1H4/t22?,24?,25?,26-,27?,28?,30+,31-;;;;;;/m1....../s1. The number of hydrogen-bond donors (Lipinski definition) is 2. The van der Waals surface area contributed by atoms with Gasteiger partial charge in [0.05, 0.1) is 6.61 Å². The van der Waals surface area contributed by atoms with Gasteiger partial charge in [0.2, 0.25) is 0 Å². The molecule has 408 valence electrons. The molecular formula is C61H124N2O5. The van der Waals surface area contributed by atoms with E-state index in [1.54, 1.807) is 5.57 Å². The third-order valence-electron chi connectivity index (χ3n) is 15.9. The van der Waals surface area contributed by atoms with Crippen molar-refractivity contribution in [2.75, 3.05) is 32.9 Å². The molecule has 4 aliphatic rings. The van der Waals surface area contributed by atoms with Gasteiger partial charge in [-0.3, -0.25) is 0 Å². The summed E-state index contributed by atoms with van der Waals surface area (Å²) in [6.07, 6.45) is 40.3. The van der Waals surface area contributed by atoms with Crippen molar-refractivity contribution in [1.82, 2.24) is 10.6 Å². The third-order valence-corrected chi connectivity index (χ3v) is 15.9. The lowest BCUT2D eigenvalue weighted by Gasteiger charge is -2.58. The van der Waals surface area contributed by atoms with Gasteiger partial charge >= 0.3 is 12.2 Å². The van der Waals surface area contributed by atoms with Crippen LogP contribution in [0.5, 0.6) is 0 Å². The first-order valence-corrected chi connectivity index (χ1v) is 28.5. The summed E-state index contributed by atoms with van der Waals surface area (Å²) in [6, 6.07) is 0. The van der Waals surface area contributed by atoms with E-state index in [2.05, 4.69) is 72.1 Å². The molecular weight excluding hydrogens is 841 g/mol. The lowest BCUT2D eigenvalue weighted by atomic mass is 9.47. The second kappa shape index (κ2) is 42.9. The summed E-state index contributed by atoms with van der Waals surface area (Å²) in [4.78, 5) is 22.9. The number of carbonyl (C=O) groups excluding carboxylic acids is 2. The first-order chi connectivity index (χ1) is 31.4. The van der Waals surface area contributed by atoms with Crippen LogP contribution in [0.4, 0.5) is 9.59 Å². The summed E-state index contributed by atoms with van der Waals surface area (Å²) in [5.74, 6) is 5.25. The van der Waals surface area contributed by atoms with Crippen LogP contribution in [0.3, 0.4) is 0 Å². The van der Waals surface area contributed by atoms with Crippen molar-refractivity contribution < 1.29 is 23.8 Å². The fraction of sp³-hybridized carbons (Fsp3) is 0.934. The molecule has 0 aliphatic heterocycles. The molecule has 7 nitrogen and oxygen atoms in total. The van der Waals surface area contributed by atoms with Crippen LogP contribution in [-0.2, 0) is 14.2 Å². The predicted molar refractivity (Wildman–Crippen MR) is 300 cm³/mol. The molecule has 7 heteroatoms. The Bertz CT molecular complexity index is 1190. The van der Waals surface area contributed by atoms with Gasteiger partial charge < -0.3 is 24.8 Å². The average molecular weight is 966 g/mol. The molecule has 0 heterocycles. The van der Waals surface area contributed by atoms with Crippen LogP contribution in [0.15, 0.2) is 11.6 Å². The molecule has 4 rings (SSSR count). The van der Waals surface area contributed by atoms with Crippen molar-refractivity contribution in [2.24, 2.45) is 46.3 Å². The summed E-state index contributed by atoms with van der Waals surface area (Å²) in [6.45, 7) is 29.9. The molecule has 0 aromatic heterocycles. The number of carbonyl (C=O) groups is 2. The molecule has 0 saturated heterocycles. The quantitative estimate of drug-likeness (QED) is 0.0603. The number of hydrogen-bond acceptors (Lipinski definition) is 5. The SMILES string of the molecule is C.C.C.CC.CCCCCCCCCCCCCCCCC.CCCNC(=O)OC1CC[C@@]2(C)C(=CCC3C2CC[C@@]2(C)C3CC[C@@H]2C(C)CCCC(C)C)C1.CCCNC(=O)OCCOCC. The minimum Gasteiger partial charge on any atom is -0.447 e. The molecule has 0 bridgehead atoms. The number of amides is 2. The number of allylic oxidation sites excluding steroid dienone is 1. The summed E-state index contributed by atoms with van der Waals surface area (Å²) in [7, 11) is 0. The highest BCUT2D eigenvalue weighted by Crippen LogP contribution is 2.67. The number of unbranched alkanes of at least 4 members (excludes halogenated alkanes) is 14. The Balaban J connectivity index is -0.00000105. The maximum atomic E-state index is 12.1. The summed E-state index contributed by atoms with van der Waals surface area (Å²) in [5, 5.41) is 5.48. The third kappa shape index (κ3) is 26.6. The van der Waals surface area contributed by atoms with E-state index in [1.807, 2.05) is 27.7 Å². The lowest BCUT2D eigenvalue weighted by molar-refractivity contribution is -0.0581. The van der Waals surface area contributed by atoms with Gasteiger partial charge in [0.1, 0.15) is 12.7 Å². The molecule has 0 aromatic carbocycles. The zero-order chi connectivity index (χ0) is 48.4. The zero-order valence-corrected chi connectivity index (χ0v) is 45.5. The van der Waals surface area contributed by atoms with Gasteiger partial charge in [0.25, 0.3) is 0 Å². The van der Waals surface area contributed by atoms with Crippen molar-refractivity contribution >= 4 is 12.2 Å². The van der Waals surface area contributed by atoms with Crippen molar-refractivity contribution in [2.45, 2.75) is 291 Å². The van der Waals surface area contributed by atoms with Gasteiger partial charge in [-0.25, -0.2) is 9.59 Å². The molecule has 0 spiro atoms. The van der Waals surface area contributed by atoms with Gasteiger partial charge in [-0.05, 0) is 111 Å². The van der Waals surface area contributed by atoms with Gasteiger partial charge in [-0.1, -0.05) is 226 Å². The van der Waals surface area contributed by atoms with E-state index >= 15 is 0 Å². The van der Waals surface area contributed by atoms with E-state index in [1.165, 1.54) is 154 Å². The second-order valence-electron chi connectivity index (χ2n) is 21.3. The van der Waals surface area contributed by atoms with Gasteiger partial charge in [0, 0.05) is 26.1 Å². The molecule has 3 fully saturated rings. The number of ether oxygens (including phenoxy) is 3. The van der Waals surface area contributed by atoms with Crippen LogP contribution < -0.4 is 10.6 Å². The average Bonchev–Trinajstić information content (AvgIpc) is 3.66. The van der Waals surface area contributed by atoms with Crippen LogP contribution in [0.2, 0.25) is 0 Å². The predicted octanol–water partition coefficient (Wildman–Crippen LogP) is 19.5. The first kappa shape index (κ1) is 70.5. The second-order valence-corrected chi connectivity index (χ2v) is 21.3. The fourth-order valence-corrected chi connectivity index (χ4v) is 12.2. The Morgan fingerprint density at radius 2 is 1.16 bits per heavy atom. The summed E-state index contributed by atoms with van der Waals surface area (Å²) >= 11 is 0. The van der Waals surface area contributed by atoms with Gasteiger partial charge in [-0.2, -0.15) is 0 Å². The fourth-order valence-electron chi connectivity index (χ4n) is 12.2. The maximum Gasteiger partial charge on any atom is 0.407 e. The number of rotatable bonds is 28. The van der Waals surface area contributed by atoms with Crippen LogP contribution in [0, 0.1) is 46.3 Å². The van der Waals surface area contributed by atoms with Crippen molar-refractivity contribution in [3.05, 3.63) is 11.6 Å². The Hall–Kier alpha value is -1.76. The summed E-state index contributed by atoms with van der Waals surface area (Å²) in [5.41, 5.74) is 2.48. The first-order valence-electron chi connectivity index (χ1n) is 28.5. The molecule has 3 saturated carbocycles. The molecule has 5 unspecified atom stereocenters. The number of fused-ring (bicyclic) bond motifs is 5. The molecule has 68 heavy (non-hydrogen) atoms. The minimum absolute atomic E-state index is 0. The van der Waals surface area contributed by atoms with E-state index in [-0.39, 0.29) is 40.6 Å². The van der Waals surface area contributed by atoms with E-state index in [0.717, 1.165) is 61.2 Å². The number of nitrogens with one attached hydrogen (secondary N) is 2. The smallest absolute Gasteiger partial charge is 0.407 e. The molecule has 0 aromatic rings. The minimum atomic E-state index is -0.364. The largest absolute Gasteiger partial charge is 0.447 e. The Morgan fingerprint density at radius 1 is 0.632 bits per heavy atom. The number of alkyl carbamates (subject to hydrolysis) is 2. The van der Waals surface area contributed by atoms with Crippen LogP contribution in [0.25, 0.3) is 0 Å².